The van der Waals surface area contributed by atoms with Crippen molar-refractivity contribution in [3.63, 3.8) is 0 Å². The van der Waals surface area contributed by atoms with Gasteiger partial charge in [-0.2, -0.15) is 0 Å². The number of rotatable bonds is 1. The maximum Gasteiger partial charge on any atom is 0.276 e. The van der Waals surface area contributed by atoms with Gasteiger partial charge in [-0.1, -0.05) is 30.9 Å². The number of aliphatic imine (C=N–C) groups is 2. The molecule has 1 aromatic rings. The third-order valence-electron chi connectivity index (χ3n) is 6.44. The lowest BCUT2D eigenvalue weighted by atomic mass is 9.89. The maximum absolute atomic E-state index is 13.4. The SMILES string of the molecule is O=C1NC2(CCCCC2)n2c1c(Cl)cc(NC1=NC=NC13CCCC3)c2=O. The zero-order chi connectivity index (χ0) is 18.6. The van der Waals surface area contributed by atoms with Gasteiger partial charge >= 0.3 is 0 Å². The molecule has 8 heteroatoms. The van der Waals surface area contributed by atoms with E-state index in [0.717, 1.165) is 57.8 Å². The van der Waals surface area contributed by atoms with Crippen LogP contribution in [0, 0.1) is 0 Å². The predicted molar refractivity (Wildman–Crippen MR) is 105 cm³/mol. The van der Waals surface area contributed by atoms with E-state index in [4.69, 9.17) is 11.6 Å². The molecule has 7 nitrogen and oxygen atoms in total. The van der Waals surface area contributed by atoms with Crippen LogP contribution in [0.4, 0.5) is 5.69 Å². The fraction of sp³-hybridized carbons (Fsp3) is 0.579. The van der Waals surface area contributed by atoms with Crippen molar-refractivity contribution in [3.8, 4) is 0 Å². The van der Waals surface area contributed by atoms with Crippen LogP contribution in [0.1, 0.15) is 68.3 Å². The number of nitrogens with zero attached hydrogens (tertiary/aromatic N) is 3. The van der Waals surface area contributed by atoms with Crippen molar-refractivity contribution in [1.82, 2.24) is 9.88 Å². The average molecular weight is 388 g/mol. The van der Waals surface area contributed by atoms with Gasteiger partial charge in [0.25, 0.3) is 11.5 Å². The smallest absolute Gasteiger partial charge is 0.276 e. The molecule has 0 saturated heterocycles. The third kappa shape index (κ3) is 2.40. The molecule has 2 aliphatic heterocycles. The Morgan fingerprint density at radius 2 is 1.78 bits per heavy atom. The Bertz CT molecular complexity index is 936. The number of amidine groups is 1. The van der Waals surface area contributed by atoms with Gasteiger partial charge in [-0.15, -0.1) is 0 Å². The molecule has 4 aliphatic rings. The molecule has 0 unspecified atom stereocenters. The van der Waals surface area contributed by atoms with Crippen LogP contribution in [-0.4, -0.2) is 28.2 Å². The summed E-state index contributed by atoms with van der Waals surface area (Å²) in [5, 5.41) is 6.55. The van der Waals surface area contributed by atoms with Crippen LogP contribution in [0.15, 0.2) is 20.8 Å². The first-order chi connectivity index (χ1) is 13.0. The van der Waals surface area contributed by atoms with E-state index in [-0.39, 0.29) is 27.7 Å². The van der Waals surface area contributed by atoms with Crippen molar-refractivity contribution in [1.29, 1.82) is 0 Å². The van der Waals surface area contributed by atoms with Gasteiger partial charge in [0.2, 0.25) is 0 Å². The number of hydrogen-bond acceptors (Lipinski definition) is 5. The molecule has 0 radical (unpaired) electrons. The highest BCUT2D eigenvalue weighted by atomic mass is 35.5. The van der Waals surface area contributed by atoms with Crippen LogP contribution < -0.4 is 16.2 Å². The number of anilines is 1. The minimum absolute atomic E-state index is 0.225. The van der Waals surface area contributed by atoms with E-state index in [1.807, 2.05) is 0 Å². The molecule has 0 bridgehead atoms. The zero-order valence-electron chi connectivity index (χ0n) is 15.1. The molecule has 2 aliphatic carbocycles. The van der Waals surface area contributed by atoms with Crippen molar-refractivity contribution in [3.05, 3.63) is 27.1 Å². The van der Waals surface area contributed by atoms with Crippen LogP contribution in [0.3, 0.4) is 0 Å². The Morgan fingerprint density at radius 3 is 2.52 bits per heavy atom. The Hall–Kier alpha value is -2.15. The van der Waals surface area contributed by atoms with E-state index >= 15 is 0 Å². The first-order valence-corrected chi connectivity index (χ1v) is 10.1. The van der Waals surface area contributed by atoms with Crippen LogP contribution in [0.25, 0.3) is 0 Å². The van der Waals surface area contributed by atoms with Crippen molar-refractivity contribution in [2.24, 2.45) is 9.98 Å². The van der Waals surface area contributed by atoms with E-state index in [1.54, 1.807) is 17.0 Å². The highest BCUT2D eigenvalue weighted by Gasteiger charge is 2.46. The molecule has 142 valence electrons. The highest BCUT2D eigenvalue weighted by molar-refractivity contribution is 6.34. The molecule has 27 heavy (non-hydrogen) atoms. The number of hydrogen-bond donors (Lipinski definition) is 2. The average Bonchev–Trinajstić information content (AvgIpc) is 3.34. The number of halogens is 1. The molecular formula is C19H22ClN5O2. The Morgan fingerprint density at radius 1 is 1.07 bits per heavy atom. The quantitative estimate of drug-likeness (QED) is 0.776. The third-order valence-corrected chi connectivity index (χ3v) is 6.73. The van der Waals surface area contributed by atoms with Crippen LogP contribution >= 0.6 is 11.6 Å². The summed E-state index contributed by atoms with van der Waals surface area (Å²) in [6.45, 7) is 0. The van der Waals surface area contributed by atoms with Gasteiger partial charge in [-0.25, -0.2) is 4.99 Å². The molecule has 2 fully saturated rings. The summed E-state index contributed by atoms with van der Waals surface area (Å²) in [6, 6.07) is 1.56. The number of aromatic nitrogens is 1. The number of fused-ring (bicyclic) bond motifs is 2. The van der Waals surface area contributed by atoms with Crippen molar-refractivity contribution < 1.29 is 4.79 Å². The van der Waals surface area contributed by atoms with Crippen molar-refractivity contribution in [2.75, 3.05) is 5.32 Å². The van der Waals surface area contributed by atoms with E-state index in [2.05, 4.69) is 20.6 Å². The Labute approximate surface area is 161 Å². The molecular weight excluding hydrogens is 366 g/mol. The van der Waals surface area contributed by atoms with Crippen LogP contribution in [0.2, 0.25) is 5.02 Å². The molecule has 2 saturated carbocycles. The van der Waals surface area contributed by atoms with E-state index in [0.29, 0.717) is 11.5 Å². The van der Waals surface area contributed by atoms with Gasteiger partial charge in [0.15, 0.2) is 0 Å². The molecule has 2 spiro atoms. The summed E-state index contributed by atoms with van der Waals surface area (Å²) in [5.74, 6) is 0.447. The zero-order valence-corrected chi connectivity index (χ0v) is 15.8. The molecule has 1 aromatic heterocycles. The van der Waals surface area contributed by atoms with Crippen molar-refractivity contribution in [2.45, 2.75) is 69.0 Å². The molecule has 1 amide bonds. The first-order valence-electron chi connectivity index (χ1n) is 9.72. The van der Waals surface area contributed by atoms with Gasteiger partial charge < -0.3 is 10.6 Å². The second kappa shape index (κ2) is 5.92. The number of amides is 1. The topological polar surface area (TPSA) is 87.8 Å². The lowest BCUT2D eigenvalue weighted by Crippen LogP contribution is -2.49. The van der Waals surface area contributed by atoms with Crippen LogP contribution in [0.5, 0.6) is 0 Å². The lowest BCUT2D eigenvalue weighted by Gasteiger charge is -2.35. The van der Waals surface area contributed by atoms with E-state index < -0.39 is 5.66 Å². The minimum Gasteiger partial charge on any atom is -0.337 e. The summed E-state index contributed by atoms with van der Waals surface area (Å²) in [6.07, 6.45) is 10.2. The molecule has 2 N–H and O–H groups in total. The summed E-state index contributed by atoms with van der Waals surface area (Å²) < 4.78 is 1.59. The van der Waals surface area contributed by atoms with Gasteiger partial charge in [0, 0.05) is 0 Å². The first kappa shape index (κ1) is 17.0. The second-order valence-electron chi connectivity index (χ2n) is 8.03. The Balaban J connectivity index is 1.58. The summed E-state index contributed by atoms with van der Waals surface area (Å²) in [4.78, 5) is 34.9. The number of carbonyl (C=O) groups is 1. The van der Waals surface area contributed by atoms with E-state index in [9.17, 15) is 9.59 Å². The fourth-order valence-corrected chi connectivity index (χ4v) is 5.37. The largest absolute Gasteiger partial charge is 0.337 e. The molecule has 0 atom stereocenters. The van der Waals surface area contributed by atoms with Gasteiger partial charge in [0.05, 0.1) is 5.02 Å². The number of carbonyl (C=O) groups excluding carboxylic acids is 1. The second-order valence-corrected chi connectivity index (χ2v) is 8.43. The van der Waals surface area contributed by atoms with Gasteiger partial charge in [-0.3, -0.25) is 19.1 Å². The van der Waals surface area contributed by atoms with E-state index in [1.165, 1.54) is 0 Å². The van der Waals surface area contributed by atoms with Gasteiger partial charge in [0.1, 0.15) is 34.8 Å². The minimum atomic E-state index is -0.651. The monoisotopic (exact) mass is 387 g/mol. The van der Waals surface area contributed by atoms with Crippen molar-refractivity contribution >= 4 is 35.4 Å². The lowest BCUT2D eigenvalue weighted by molar-refractivity contribution is 0.0877. The highest BCUT2D eigenvalue weighted by Crippen LogP contribution is 2.39. The normalized spacial score (nSPS) is 24.3. The maximum atomic E-state index is 13.4. The molecule has 3 heterocycles. The van der Waals surface area contributed by atoms with Gasteiger partial charge in [-0.05, 0) is 44.6 Å². The summed E-state index contributed by atoms with van der Waals surface area (Å²) in [7, 11) is 0. The summed E-state index contributed by atoms with van der Waals surface area (Å²) >= 11 is 6.45. The Kier molecular flexibility index (Phi) is 3.73. The van der Waals surface area contributed by atoms with Crippen LogP contribution in [-0.2, 0) is 5.66 Å². The standard InChI is InChI=1S/C19H22ClN5O2/c20-12-10-13(23-17-18(22-11-21-17)6-4-5-7-18)16(27)25-14(12)15(26)24-19(25)8-2-1-3-9-19/h10-11H,1-9H2,(H,24,26)(H,21,22,23). The predicted octanol–water partition coefficient (Wildman–Crippen LogP) is 3.03. The molecule has 5 rings (SSSR count). The number of nitrogens with one attached hydrogen (secondary N) is 2. The fourth-order valence-electron chi connectivity index (χ4n) is 5.09. The summed E-state index contributed by atoms with van der Waals surface area (Å²) in [5.41, 5.74) is -0.575. The molecule has 0 aromatic carbocycles. The number of pyridine rings is 1.